The maximum absolute atomic E-state index is 12.8. The number of amides is 2. The maximum atomic E-state index is 12.8. The van der Waals surface area contributed by atoms with E-state index in [0.29, 0.717) is 6.54 Å². The fraction of sp³-hybridized carbons (Fsp3) is 0.867. The molecular weight excluding hydrogens is 256 g/mol. The number of aliphatic carboxylic acids is 1. The molecule has 0 saturated carbocycles. The van der Waals surface area contributed by atoms with Crippen LogP contribution in [0.1, 0.15) is 53.4 Å². The Morgan fingerprint density at radius 1 is 1.05 bits per heavy atom. The van der Waals surface area contributed by atoms with E-state index in [9.17, 15) is 14.7 Å². The number of carbonyl (C=O) groups excluding carboxylic acids is 1. The zero-order chi connectivity index (χ0) is 15.1. The van der Waals surface area contributed by atoms with Crippen molar-refractivity contribution >= 4 is 12.0 Å². The summed E-state index contributed by atoms with van der Waals surface area (Å²) in [6.07, 6.45) is 3.69. The minimum atomic E-state index is -0.889. The van der Waals surface area contributed by atoms with Crippen LogP contribution in [0.4, 0.5) is 4.79 Å². The molecule has 0 aromatic rings. The molecule has 1 unspecified atom stereocenters. The number of piperidine rings is 1. The minimum Gasteiger partial charge on any atom is -0.480 e. The van der Waals surface area contributed by atoms with Crippen molar-refractivity contribution in [1.29, 1.82) is 0 Å². The predicted octanol–water partition coefficient (Wildman–Crippen LogP) is 2.56. The molecule has 5 heteroatoms. The molecule has 0 aromatic heterocycles. The van der Waals surface area contributed by atoms with Crippen molar-refractivity contribution in [2.24, 2.45) is 5.41 Å². The summed E-state index contributed by atoms with van der Waals surface area (Å²) in [4.78, 5) is 27.9. The molecular formula is C15H26N2O3. The fourth-order valence-corrected chi connectivity index (χ4v) is 3.68. The number of urea groups is 1. The number of carboxylic acid groups (broad SMARTS) is 1. The fourth-order valence-electron chi connectivity index (χ4n) is 3.68. The van der Waals surface area contributed by atoms with Crippen molar-refractivity contribution in [3.8, 4) is 0 Å². The van der Waals surface area contributed by atoms with E-state index in [1.54, 1.807) is 4.90 Å². The Balaban J connectivity index is 2.25. The highest BCUT2D eigenvalue weighted by Crippen LogP contribution is 2.37. The van der Waals surface area contributed by atoms with E-state index in [0.717, 1.165) is 32.2 Å². The predicted molar refractivity (Wildman–Crippen MR) is 76.6 cm³/mol. The molecule has 2 amide bonds. The molecule has 20 heavy (non-hydrogen) atoms. The molecule has 1 atom stereocenters. The number of rotatable bonds is 1. The summed E-state index contributed by atoms with van der Waals surface area (Å²) in [7, 11) is 0. The third-order valence-electron chi connectivity index (χ3n) is 4.88. The highest BCUT2D eigenvalue weighted by molar-refractivity contribution is 5.84. The van der Waals surface area contributed by atoms with Crippen molar-refractivity contribution < 1.29 is 14.7 Å². The summed E-state index contributed by atoms with van der Waals surface area (Å²) in [6.45, 7) is 9.28. The normalized spacial score (nSPS) is 28.5. The molecule has 2 aliphatic heterocycles. The molecule has 2 rings (SSSR count). The van der Waals surface area contributed by atoms with Gasteiger partial charge >= 0.3 is 12.0 Å². The van der Waals surface area contributed by atoms with Gasteiger partial charge in [-0.2, -0.15) is 0 Å². The molecule has 1 N–H and O–H groups in total. The summed E-state index contributed by atoms with van der Waals surface area (Å²) in [5.74, 6) is -0.889. The molecule has 2 heterocycles. The van der Waals surface area contributed by atoms with Crippen LogP contribution in [0.3, 0.4) is 0 Å². The van der Waals surface area contributed by atoms with Crippen LogP contribution in [0, 0.1) is 5.41 Å². The minimum absolute atomic E-state index is 0.104. The van der Waals surface area contributed by atoms with Gasteiger partial charge in [-0.3, -0.25) is 0 Å². The van der Waals surface area contributed by atoms with Gasteiger partial charge in [0.05, 0.1) is 0 Å². The molecule has 2 aliphatic rings. The summed E-state index contributed by atoms with van der Waals surface area (Å²) in [5, 5.41) is 9.55. The number of nitrogens with zero attached hydrogens (tertiary/aromatic N) is 2. The maximum Gasteiger partial charge on any atom is 0.327 e. The Hall–Kier alpha value is -1.26. The lowest BCUT2D eigenvalue weighted by Crippen LogP contribution is -2.61. The molecule has 0 aliphatic carbocycles. The zero-order valence-corrected chi connectivity index (χ0v) is 13.0. The van der Waals surface area contributed by atoms with Gasteiger partial charge in [-0.25, -0.2) is 9.59 Å². The molecule has 5 nitrogen and oxygen atoms in total. The summed E-state index contributed by atoms with van der Waals surface area (Å²) < 4.78 is 0. The second-order valence-electron chi connectivity index (χ2n) is 7.38. The Kier molecular flexibility index (Phi) is 3.73. The number of likely N-dealkylation sites (tertiary alicyclic amines) is 2. The van der Waals surface area contributed by atoms with Crippen molar-refractivity contribution in [2.75, 3.05) is 13.1 Å². The third kappa shape index (κ3) is 2.50. The van der Waals surface area contributed by atoms with Crippen molar-refractivity contribution in [3.63, 3.8) is 0 Å². The van der Waals surface area contributed by atoms with Gasteiger partial charge in [0.2, 0.25) is 0 Å². The van der Waals surface area contributed by atoms with E-state index in [2.05, 4.69) is 13.8 Å². The average Bonchev–Trinajstić information content (AvgIpc) is 2.65. The first kappa shape index (κ1) is 15.1. The monoisotopic (exact) mass is 282 g/mol. The zero-order valence-electron chi connectivity index (χ0n) is 13.0. The van der Waals surface area contributed by atoms with Gasteiger partial charge < -0.3 is 14.9 Å². The molecule has 0 aromatic carbocycles. The van der Waals surface area contributed by atoms with E-state index in [4.69, 9.17) is 0 Å². The van der Waals surface area contributed by atoms with Gasteiger partial charge in [-0.05, 0) is 44.9 Å². The van der Waals surface area contributed by atoms with Crippen LogP contribution in [-0.2, 0) is 4.79 Å². The van der Waals surface area contributed by atoms with Gasteiger partial charge in [0.15, 0.2) is 0 Å². The van der Waals surface area contributed by atoms with Crippen LogP contribution in [0.15, 0.2) is 0 Å². The Labute approximate surface area is 120 Å². The van der Waals surface area contributed by atoms with Crippen LogP contribution in [0.5, 0.6) is 0 Å². The lowest BCUT2D eigenvalue weighted by molar-refractivity contribution is -0.149. The largest absolute Gasteiger partial charge is 0.480 e. The highest BCUT2D eigenvalue weighted by atomic mass is 16.4. The lowest BCUT2D eigenvalue weighted by Gasteiger charge is -2.46. The van der Waals surface area contributed by atoms with E-state index < -0.39 is 12.0 Å². The lowest BCUT2D eigenvalue weighted by atomic mass is 9.76. The van der Waals surface area contributed by atoms with Crippen LogP contribution >= 0.6 is 0 Å². The molecule has 114 valence electrons. The first-order chi connectivity index (χ1) is 9.17. The van der Waals surface area contributed by atoms with Crippen molar-refractivity contribution in [1.82, 2.24) is 9.80 Å². The van der Waals surface area contributed by atoms with E-state index in [-0.39, 0.29) is 17.0 Å². The van der Waals surface area contributed by atoms with E-state index >= 15 is 0 Å². The van der Waals surface area contributed by atoms with Crippen molar-refractivity contribution in [3.05, 3.63) is 0 Å². The molecule has 2 saturated heterocycles. The first-order valence-electron chi connectivity index (χ1n) is 7.48. The second kappa shape index (κ2) is 4.93. The standard InChI is InChI=1S/C15H26N2O3/c1-14(2)7-5-9-16(11(14)12(18)19)13(20)17-10-6-8-15(17,3)4/h11H,5-10H2,1-4H3,(H,18,19). The van der Waals surface area contributed by atoms with Crippen LogP contribution in [-0.4, -0.2) is 51.6 Å². The van der Waals surface area contributed by atoms with Gasteiger partial charge in [-0.1, -0.05) is 13.8 Å². The van der Waals surface area contributed by atoms with Gasteiger partial charge in [0, 0.05) is 18.6 Å². The Morgan fingerprint density at radius 3 is 2.15 bits per heavy atom. The van der Waals surface area contributed by atoms with Crippen LogP contribution in [0.2, 0.25) is 0 Å². The smallest absolute Gasteiger partial charge is 0.327 e. The van der Waals surface area contributed by atoms with Gasteiger partial charge in [0.1, 0.15) is 6.04 Å². The van der Waals surface area contributed by atoms with Crippen LogP contribution in [0.25, 0.3) is 0 Å². The van der Waals surface area contributed by atoms with E-state index in [1.807, 2.05) is 18.7 Å². The van der Waals surface area contributed by atoms with Gasteiger partial charge in [0.25, 0.3) is 0 Å². The Bertz CT molecular complexity index is 417. The molecule has 0 bridgehead atoms. The van der Waals surface area contributed by atoms with Crippen LogP contribution < -0.4 is 0 Å². The van der Waals surface area contributed by atoms with Gasteiger partial charge in [-0.15, -0.1) is 0 Å². The highest BCUT2D eigenvalue weighted by Gasteiger charge is 2.47. The number of carboxylic acids is 1. The summed E-state index contributed by atoms with van der Waals surface area (Å²) >= 11 is 0. The summed E-state index contributed by atoms with van der Waals surface area (Å²) in [5.41, 5.74) is -0.536. The van der Waals surface area contributed by atoms with E-state index in [1.165, 1.54) is 0 Å². The first-order valence-corrected chi connectivity index (χ1v) is 7.48. The SMILES string of the molecule is CC1(C)CCCN(C(=O)N2CCCC2(C)C)C1C(=O)O. The number of carbonyl (C=O) groups is 2. The quantitative estimate of drug-likeness (QED) is 0.804. The summed E-state index contributed by atoms with van der Waals surface area (Å²) in [6, 6.07) is -0.826. The topological polar surface area (TPSA) is 60.9 Å². The third-order valence-corrected chi connectivity index (χ3v) is 4.88. The Morgan fingerprint density at radius 2 is 1.65 bits per heavy atom. The number of hydrogen-bond donors (Lipinski definition) is 1. The molecule has 0 radical (unpaired) electrons. The second-order valence-corrected chi connectivity index (χ2v) is 7.38. The van der Waals surface area contributed by atoms with Crippen molar-refractivity contribution in [2.45, 2.75) is 65.0 Å². The average molecular weight is 282 g/mol. The molecule has 2 fully saturated rings. The number of hydrogen-bond acceptors (Lipinski definition) is 2. The molecule has 0 spiro atoms.